The summed E-state index contributed by atoms with van der Waals surface area (Å²) in [5, 5.41) is 145. The van der Waals surface area contributed by atoms with Gasteiger partial charge in [-0.05, 0) is 26.7 Å². The molecule has 4 heterocycles. The quantitative estimate of drug-likeness (QED) is 0.0324. The van der Waals surface area contributed by atoms with Gasteiger partial charge >= 0.3 is 0 Å². The number of hydrogen-bond acceptors (Lipinski definition) is 26. The smallest absolute Gasteiger partial charge is 0.234 e. The first kappa shape index (κ1) is 61.5. The van der Waals surface area contributed by atoms with Crippen LogP contribution >= 0.6 is 0 Å². The molecule has 4 aliphatic rings. The predicted molar refractivity (Wildman–Crippen MR) is 236 cm³/mol. The molecule has 4 saturated heterocycles. The van der Waals surface area contributed by atoms with Crippen LogP contribution in [0.3, 0.4) is 0 Å². The maximum absolute atomic E-state index is 13.2. The van der Waals surface area contributed by atoms with Crippen molar-refractivity contribution < 1.29 is 123 Å². The van der Waals surface area contributed by atoms with Crippen molar-refractivity contribution in [2.45, 2.75) is 162 Å². The molecule has 30 nitrogen and oxygen atoms in total. The van der Waals surface area contributed by atoms with E-state index in [2.05, 4.69) is 21.3 Å². The Morgan fingerprint density at radius 2 is 0.931 bits per heavy atom. The van der Waals surface area contributed by atoms with Crippen molar-refractivity contribution in [1.29, 1.82) is 0 Å². The lowest BCUT2D eigenvalue weighted by molar-refractivity contribution is -0.366. The third-order valence-electron chi connectivity index (χ3n) is 12.2. The number of carbonyl (C=O) groups is 4. The molecule has 4 amide bonds. The standard InChI is InChI=1S/C42H75N5O25/c1-3-43-23(50)7-5-4-6-8-44-24(51)13-47(14-25(52)45-9-11-65-39-34(61)31(58)27(54)19(2)68-39)15-26(53)46-10-12-66-41-37(64)38(72-42-36(63)33(60)29(56)21(17-49)70-42)30(57)22(71-41)18-67-40-35(62)32(59)28(55)20(16-48)69-40/h19-22,27-42,48-49,54-64H,3-18H2,1-2H3,(H,43,50)(H,44,51)(H,45,52)(H,46,53)/t19-,20+,21+,22+,27+,28+,29+,30+,31+,32-,33-,34-,35-,36-,37-,38-,39+,40-,41+,42+/m0/s1. The first-order chi connectivity index (χ1) is 34.2. The SMILES string of the molecule is CCNC(=O)CCCCCNC(=O)CN(CC(=O)NCCO[C@@H]1O[C@@H](C)[C@@H](O)[C@@H](O)[C@@H]1O)CC(=O)NCCO[C@@H]1O[C@H](CO[C@H]2O[C@H](CO)[C@@H](O)[C@H](O)[C@@H]2O)[C@@H](O)[C@H](O[C@H]2O[C@H](CO)[C@@H](O)[C@H](O)[C@@H]2O)[C@@H]1O. The van der Waals surface area contributed by atoms with Gasteiger partial charge in [0.1, 0.15) is 91.6 Å². The molecule has 0 aromatic rings. The lowest BCUT2D eigenvalue weighted by Crippen LogP contribution is -2.65. The Morgan fingerprint density at radius 1 is 0.472 bits per heavy atom. The molecule has 418 valence electrons. The zero-order valence-electron chi connectivity index (χ0n) is 40.0. The Balaban J connectivity index is 1.36. The molecule has 0 spiro atoms. The molecular weight excluding hydrogens is 974 g/mol. The number of carbonyl (C=O) groups excluding carboxylic acids is 4. The van der Waals surface area contributed by atoms with Crippen LogP contribution in [-0.4, -0.2) is 297 Å². The van der Waals surface area contributed by atoms with Crippen LogP contribution in [0.15, 0.2) is 0 Å². The fourth-order valence-electron chi connectivity index (χ4n) is 8.00. The maximum atomic E-state index is 13.2. The zero-order valence-corrected chi connectivity index (χ0v) is 40.0. The van der Waals surface area contributed by atoms with E-state index in [-0.39, 0.29) is 32.1 Å². The van der Waals surface area contributed by atoms with Gasteiger partial charge in [-0.2, -0.15) is 0 Å². The molecule has 0 aromatic heterocycles. The highest BCUT2D eigenvalue weighted by Crippen LogP contribution is 2.31. The van der Waals surface area contributed by atoms with E-state index in [1.165, 1.54) is 11.8 Å². The Hall–Kier alpha value is -3.00. The van der Waals surface area contributed by atoms with Gasteiger partial charge in [0.2, 0.25) is 23.6 Å². The van der Waals surface area contributed by atoms with E-state index >= 15 is 0 Å². The second kappa shape index (κ2) is 30.5. The summed E-state index contributed by atoms with van der Waals surface area (Å²) in [5.41, 5.74) is 0. The Bertz CT molecular complexity index is 1640. The molecule has 0 unspecified atom stereocenters. The van der Waals surface area contributed by atoms with Crippen LogP contribution in [0.5, 0.6) is 0 Å². The van der Waals surface area contributed by atoms with Gasteiger partial charge in [0.15, 0.2) is 25.2 Å². The average Bonchev–Trinajstić information content (AvgIpc) is 3.34. The third kappa shape index (κ3) is 17.8. The Kier molecular flexibility index (Phi) is 26.1. The number of amides is 4. The van der Waals surface area contributed by atoms with Gasteiger partial charge in [-0.3, -0.25) is 24.1 Å². The first-order valence-corrected chi connectivity index (χ1v) is 23.8. The molecule has 72 heavy (non-hydrogen) atoms. The molecule has 0 radical (unpaired) electrons. The summed E-state index contributed by atoms with van der Waals surface area (Å²) in [6.45, 7) is -0.738. The second-order valence-electron chi connectivity index (χ2n) is 17.7. The minimum absolute atomic E-state index is 0.0834. The zero-order chi connectivity index (χ0) is 53.2. The van der Waals surface area contributed by atoms with Gasteiger partial charge in [-0.25, -0.2) is 0 Å². The highest BCUT2D eigenvalue weighted by atomic mass is 16.8. The third-order valence-corrected chi connectivity index (χ3v) is 12.2. The predicted octanol–water partition coefficient (Wildman–Crippen LogP) is -10.4. The van der Waals surface area contributed by atoms with E-state index in [0.29, 0.717) is 32.2 Å². The van der Waals surface area contributed by atoms with Gasteiger partial charge in [-0.1, -0.05) is 6.42 Å². The molecule has 0 aromatic carbocycles. The summed E-state index contributed by atoms with van der Waals surface area (Å²) < 4.78 is 44.2. The summed E-state index contributed by atoms with van der Waals surface area (Å²) in [6.07, 6.45) is -30.9. The van der Waals surface area contributed by atoms with Crippen molar-refractivity contribution in [2.75, 3.05) is 78.8 Å². The first-order valence-electron chi connectivity index (χ1n) is 23.8. The molecule has 17 N–H and O–H groups in total. The largest absolute Gasteiger partial charge is 0.394 e. The minimum Gasteiger partial charge on any atom is -0.394 e. The summed E-state index contributed by atoms with van der Waals surface area (Å²) >= 11 is 0. The summed E-state index contributed by atoms with van der Waals surface area (Å²) in [7, 11) is 0. The van der Waals surface area contributed by atoms with Crippen LogP contribution in [0, 0.1) is 0 Å². The van der Waals surface area contributed by atoms with E-state index in [0.717, 1.165) is 0 Å². The van der Waals surface area contributed by atoms with E-state index in [1.54, 1.807) is 0 Å². The molecule has 0 aliphatic carbocycles. The molecule has 4 rings (SSSR count). The van der Waals surface area contributed by atoms with Crippen LogP contribution in [0.25, 0.3) is 0 Å². The molecule has 4 fully saturated rings. The highest BCUT2D eigenvalue weighted by Gasteiger charge is 2.52. The number of aliphatic hydroxyl groups excluding tert-OH is 13. The van der Waals surface area contributed by atoms with Crippen LogP contribution in [0.2, 0.25) is 0 Å². The van der Waals surface area contributed by atoms with Gasteiger partial charge < -0.3 is 126 Å². The number of hydrogen-bond donors (Lipinski definition) is 17. The molecule has 30 heteroatoms. The van der Waals surface area contributed by atoms with E-state index in [4.69, 9.17) is 37.9 Å². The Labute approximate surface area is 414 Å². The lowest BCUT2D eigenvalue weighted by Gasteiger charge is -2.46. The number of ether oxygens (including phenoxy) is 8. The van der Waals surface area contributed by atoms with Gasteiger partial charge in [-0.15, -0.1) is 0 Å². The number of unbranched alkanes of at least 4 members (excludes halogenated alkanes) is 2. The average molecular weight is 1050 g/mol. The number of aliphatic hydroxyl groups is 13. The van der Waals surface area contributed by atoms with E-state index in [1.807, 2.05) is 6.92 Å². The molecular formula is C42H75N5O25. The van der Waals surface area contributed by atoms with Crippen molar-refractivity contribution in [3.05, 3.63) is 0 Å². The number of nitrogens with zero attached hydrogens (tertiary/aromatic N) is 1. The molecule has 4 aliphatic heterocycles. The monoisotopic (exact) mass is 1050 g/mol. The normalized spacial score (nSPS) is 37.2. The van der Waals surface area contributed by atoms with E-state index in [9.17, 15) is 85.6 Å². The van der Waals surface area contributed by atoms with Gasteiger partial charge in [0, 0.05) is 32.6 Å². The van der Waals surface area contributed by atoms with E-state index < -0.39 is 187 Å². The van der Waals surface area contributed by atoms with Crippen molar-refractivity contribution in [3.8, 4) is 0 Å². The van der Waals surface area contributed by atoms with Gasteiger partial charge in [0.25, 0.3) is 0 Å². The Morgan fingerprint density at radius 3 is 1.46 bits per heavy atom. The second-order valence-corrected chi connectivity index (χ2v) is 17.7. The minimum atomic E-state index is -1.97. The van der Waals surface area contributed by atoms with Crippen molar-refractivity contribution in [1.82, 2.24) is 26.2 Å². The van der Waals surface area contributed by atoms with Crippen LogP contribution < -0.4 is 21.3 Å². The van der Waals surface area contributed by atoms with Crippen LogP contribution in [0.4, 0.5) is 0 Å². The fourth-order valence-corrected chi connectivity index (χ4v) is 8.00. The van der Waals surface area contributed by atoms with Crippen LogP contribution in [-0.2, 0) is 57.1 Å². The van der Waals surface area contributed by atoms with Crippen LogP contribution in [0.1, 0.15) is 39.5 Å². The lowest BCUT2D eigenvalue weighted by atomic mass is 9.96. The van der Waals surface area contributed by atoms with Crippen molar-refractivity contribution >= 4 is 23.6 Å². The number of rotatable bonds is 28. The van der Waals surface area contributed by atoms with Gasteiger partial charge in [0.05, 0.1) is 58.8 Å². The summed E-state index contributed by atoms with van der Waals surface area (Å²) in [5.74, 6) is -1.96. The number of nitrogens with one attached hydrogen (secondary N) is 4. The molecule has 20 atom stereocenters. The maximum Gasteiger partial charge on any atom is 0.234 e. The van der Waals surface area contributed by atoms with Crippen molar-refractivity contribution in [2.24, 2.45) is 0 Å². The molecule has 0 saturated carbocycles. The fraction of sp³-hybridized carbons (Fsp3) is 0.905. The summed E-state index contributed by atoms with van der Waals surface area (Å²) in [6, 6.07) is 0. The highest BCUT2D eigenvalue weighted by molar-refractivity contribution is 5.84. The van der Waals surface area contributed by atoms with Crippen molar-refractivity contribution in [3.63, 3.8) is 0 Å². The molecule has 0 bridgehead atoms. The topological polar surface area (TPSA) is 456 Å². The summed E-state index contributed by atoms with van der Waals surface area (Å²) in [4.78, 5) is 52.1.